The second kappa shape index (κ2) is 7.07. The molecule has 94 valence electrons. The number of allylic oxidation sites excluding steroid dienone is 5. The molecule has 0 aromatic carbocycles. The molecule has 0 saturated heterocycles. The zero-order chi connectivity index (χ0) is 13.4. The van der Waals surface area contributed by atoms with E-state index in [-0.39, 0.29) is 10.6 Å². The molecule has 0 radical (unpaired) electrons. The Kier molecular flexibility index (Phi) is 5.39. The van der Waals surface area contributed by atoms with Crippen molar-refractivity contribution < 1.29 is 14.5 Å². The van der Waals surface area contributed by atoms with Crippen LogP contribution in [-0.2, 0) is 9.53 Å². The van der Waals surface area contributed by atoms with Crippen molar-refractivity contribution >= 4 is 5.97 Å². The van der Waals surface area contributed by atoms with Gasteiger partial charge in [-0.15, -0.1) is 0 Å². The quantitative estimate of drug-likeness (QED) is 0.251. The van der Waals surface area contributed by atoms with Gasteiger partial charge in [-0.2, -0.15) is 0 Å². The predicted octanol–water partition coefficient (Wildman–Crippen LogP) is 1.99. The lowest BCUT2D eigenvalue weighted by Gasteiger charge is -2.03. The Hall–Kier alpha value is -2.35. The summed E-state index contributed by atoms with van der Waals surface area (Å²) >= 11 is 0. The molecule has 0 heterocycles. The van der Waals surface area contributed by atoms with Gasteiger partial charge in [-0.25, -0.2) is 4.79 Å². The first kappa shape index (κ1) is 13.7. The number of carbonyl (C=O) groups is 1. The molecule has 1 aliphatic carbocycles. The normalized spacial score (nSPS) is 14.3. The lowest BCUT2D eigenvalue weighted by atomic mass is 10.0. The number of hydrogen-bond donors (Lipinski definition) is 0. The summed E-state index contributed by atoms with van der Waals surface area (Å²) < 4.78 is 4.68. The molecule has 1 rings (SSSR count). The highest BCUT2D eigenvalue weighted by Gasteiger charge is 2.13. The maximum absolute atomic E-state index is 10.9. The van der Waals surface area contributed by atoms with Crippen LogP contribution in [0.4, 0.5) is 0 Å². The third kappa shape index (κ3) is 4.66. The van der Waals surface area contributed by atoms with Crippen molar-refractivity contribution in [3.8, 4) is 11.8 Å². The molecule has 0 aliphatic heterocycles. The van der Waals surface area contributed by atoms with Gasteiger partial charge in [0.25, 0.3) is 0 Å². The third-order valence-corrected chi connectivity index (χ3v) is 2.18. The molecule has 0 fully saturated rings. The Morgan fingerprint density at radius 3 is 2.89 bits per heavy atom. The van der Waals surface area contributed by atoms with Gasteiger partial charge in [0.05, 0.1) is 11.5 Å². The summed E-state index contributed by atoms with van der Waals surface area (Å²) in [6.45, 7) is 2.06. The number of ether oxygens (including phenoxy) is 1. The maximum atomic E-state index is 10.9. The summed E-state index contributed by atoms with van der Waals surface area (Å²) in [7, 11) is 0. The Balaban J connectivity index is 2.55. The van der Waals surface area contributed by atoms with Gasteiger partial charge < -0.3 is 4.74 Å². The first-order valence-corrected chi connectivity index (χ1v) is 5.52. The van der Waals surface area contributed by atoms with Crippen LogP contribution in [0.1, 0.15) is 19.8 Å². The van der Waals surface area contributed by atoms with Crippen LogP contribution in [0.2, 0.25) is 0 Å². The fraction of sp³-hybridized carbons (Fsp3) is 0.308. The average Bonchev–Trinajstić information content (AvgIpc) is 2.35. The number of nitrogens with zero attached hydrogens (tertiary/aromatic N) is 1. The summed E-state index contributed by atoms with van der Waals surface area (Å²) in [6.07, 6.45) is 6.68. The van der Waals surface area contributed by atoms with Gasteiger partial charge in [0, 0.05) is 24.1 Å². The van der Waals surface area contributed by atoms with Crippen molar-refractivity contribution in [1.29, 1.82) is 0 Å². The molecular weight excluding hydrogens is 234 g/mol. The fourth-order valence-corrected chi connectivity index (χ4v) is 1.32. The lowest BCUT2D eigenvalue weighted by molar-refractivity contribution is -0.428. The third-order valence-electron chi connectivity index (χ3n) is 2.18. The largest absolute Gasteiger partial charge is 0.463 e. The molecule has 0 aromatic heterocycles. The average molecular weight is 247 g/mol. The molecular formula is C13H13NO4. The van der Waals surface area contributed by atoms with E-state index in [9.17, 15) is 14.9 Å². The molecule has 0 saturated carbocycles. The topological polar surface area (TPSA) is 69.4 Å². The lowest BCUT2D eigenvalue weighted by Crippen LogP contribution is -2.01. The number of nitro groups is 1. The maximum Gasteiger partial charge on any atom is 0.331 e. The van der Waals surface area contributed by atoms with Crippen LogP contribution in [0, 0.1) is 22.0 Å². The molecule has 0 atom stereocenters. The van der Waals surface area contributed by atoms with Gasteiger partial charge in [-0.05, 0) is 25.5 Å². The molecule has 0 bridgehead atoms. The smallest absolute Gasteiger partial charge is 0.331 e. The highest BCUT2D eigenvalue weighted by Crippen LogP contribution is 2.17. The van der Waals surface area contributed by atoms with E-state index in [4.69, 9.17) is 0 Å². The van der Waals surface area contributed by atoms with Crippen molar-refractivity contribution in [3.05, 3.63) is 45.7 Å². The van der Waals surface area contributed by atoms with Crippen LogP contribution in [0.5, 0.6) is 0 Å². The highest BCUT2D eigenvalue weighted by atomic mass is 16.6. The molecule has 0 unspecified atom stereocenters. The Morgan fingerprint density at radius 1 is 1.56 bits per heavy atom. The Labute approximate surface area is 105 Å². The Bertz CT molecular complexity index is 489. The number of rotatable bonds is 3. The van der Waals surface area contributed by atoms with Crippen molar-refractivity contribution in [1.82, 2.24) is 0 Å². The van der Waals surface area contributed by atoms with E-state index in [0.717, 1.165) is 5.57 Å². The molecule has 0 spiro atoms. The monoisotopic (exact) mass is 247 g/mol. The van der Waals surface area contributed by atoms with Gasteiger partial charge in [-0.3, -0.25) is 10.1 Å². The van der Waals surface area contributed by atoms with E-state index in [1.54, 1.807) is 13.0 Å². The second-order valence-corrected chi connectivity index (χ2v) is 3.46. The van der Waals surface area contributed by atoms with E-state index in [1.807, 2.05) is 0 Å². The first-order chi connectivity index (χ1) is 8.63. The summed E-state index contributed by atoms with van der Waals surface area (Å²) in [5.74, 6) is 5.09. The minimum absolute atomic E-state index is 0.197. The van der Waals surface area contributed by atoms with Crippen molar-refractivity contribution in [2.75, 3.05) is 6.61 Å². The number of hydrogen-bond acceptors (Lipinski definition) is 4. The Morgan fingerprint density at radius 2 is 2.33 bits per heavy atom. The molecule has 0 N–H and O–H groups in total. The molecule has 5 nitrogen and oxygen atoms in total. The first-order valence-electron chi connectivity index (χ1n) is 5.52. The van der Waals surface area contributed by atoms with E-state index >= 15 is 0 Å². The molecule has 0 aromatic rings. The molecule has 0 amide bonds. The van der Waals surface area contributed by atoms with E-state index in [0.29, 0.717) is 19.4 Å². The fourth-order valence-electron chi connectivity index (χ4n) is 1.32. The van der Waals surface area contributed by atoms with Gasteiger partial charge in [0.2, 0.25) is 5.70 Å². The van der Waals surface area contributed by atoms with Gasteiger partial charge in [0.15, 0.2) is 0 Å². The zero-order valence-corrected chi connectivity index (χ0v) is 10.0. The highest BCUT2D eigenvalue weighted by molar-refractivity contribution is 5.82. The predicted molar refractivity (Wildman–Crippen MR) is 65.9 cm³/mol. The second-order valence-electron chi connectivity index (χ2n) is 3.46. The summed E-state index contributed by atoms with van der Waals surface area (Å²) in [5, 5.41) is 10.5. The van der Waals surface area contributed by atoms with Crippen LogP contribution in [-0.4, -0.2) is 17.5 Å². The minimum atomic E-state index is -0.431. The summed E-state index contributed by atoms with van der Waals surface area (Å²) in [5.41, 5.74) is 1.01. The summed E-state index contributed by atoms with van der Waals surface area (Å²) in [6, 6.07) is 0. The van der Waals surface area contributed by atoms with E-state index in [2.05, 4.69) is 16.6 Å². The van der Waals surface area contributed by atoms with Gasteiger partial charge in [0.1, 0.15) is 0 Å². The van der Waals surface area contributed by atoms with Crippen LogP contribution in [0.3, 0.4) is 0 Å². The van der Waals surface area contributed by atoms with Gasteiger partial charge >= 0.3 is 5.97 Å². The number of carbonyl (C=O) groups excluding carboxylic acids is 1. The van der Waals surface area contributed by atoms with Crippen molar-refractivity contribution in [3.63, 3.8) is 0 Å². The van der Waals surface area contributed by atoms with Gasteiger partial charge in [-0.1, -0.05) is 11.8 Å². The van der Waals surface area contributed by atoms with Crippen LogP contribution >= 0.6 is 0 Å². The van der Waals surface area contributed by atoms with Crippen LogP contribution in [0.15, 0.2) is 35.6 Å². The van der Waals surface area contributed by atoms with Crippen LogP contribution < -0.4 is 0 Å². The number of esters is 1. The molecule has 1 aliphatic rings. The van der Waals surface area contributed by atoms with Crippen molar-refractivity contribution in [2.24, 2.45) is 0 Å². The van der Waals surface area contributed by atoms with E-state index < -0.39 is 5.97 Å². The van der Waals surface area contributed by atoms with Crippen molar-refractivity contribution in [2.45, 2.75) is 19.8 Å². The van der Waals surface area contributed by atoms with E-state index in [1.165, 1.54) is 18.2 Å². The minimum Gasteiger partial charge on any atom is -0.463 e. The summed E-state index contributed by atoms with van der Waals surface area (Å²) in [4.78, 5) is 21.0. The standard InChI is InChI=1S/C13H13NO4/c1-2-18-13(15)6-4-3-5-11-7-9-12(10-8-11)14(16)17/h4,6-7,9H,2,8,10H2,1H3/b6-4-. The molecule has 18 heavy (non-hydrogen) atoms. The van der Waals surface area contributed by atoms with Crippen LogP contribution in [0.25, 0.3) is 0 Å². The zero-order valence-electron chi connectivity index (χ0n) is 10.0. The molecule has 5 heteroatoms. The SMILES string of the molecule is CCOC(=O)/C=C\C#CC1=CC=C([N+](=O)[O-])CC1.